The monoisotopic (exact) mass is 559 g/mol. The fourth-order valence-electron chi connectivity index (χ4n) is 3.93. The highest BCUT2D eigenvalue weighted by Gasteiger charge is 2.33. The highest BCUT2D eigenvalue weighted by molar-refractivity contribution is 7.92. The summed E-state index contributed by atoms with van der Waals surface area (Å²) < 4.78 is 41.8. The number of carbonyl (C=O) groups excluding carboxylic acids is 2. The standard InChI is InChI=1S/C28H31ClFN3O4S/c1-3-18-31-28(35)26(4-2)32(19-21-10-12-22(29)13-11-21)27(34)20-33(24-8-6-5-7-9-24)38(36,37)25-16-14-23(30)15-17-25/h5-17,26H,3-4,18-20H2,1-2H3,(H,31,35). The van der Waals surface area contributed by atoms with E-state index >= 15 is 0 Å². The highest BCUT2D eigenvalue weighted by atomic mass is 35.5. The molecule has 3 aromatic carbocycles. The Morgan fingerprint density at radius 1 is 0.947 bits per heavy atom. The predicted octanol–water partition coefficient (Wildman–Crippen LogP) is 5.01. The molecule has 1 unspecified atom stereocenters. The Morgan fingerprint density at radius 3 is 2.16 bits per heavy atom. The van der Waals surface area contributed by atoms with E-state index in [-0.39, 0.29) is 23.0 Å². The van der Waals surface area contributed by atoms with E-state index < -0.39 is 34.3 Å². The molecule has 202 valence electrons. The van der Waals surface area contributed by atoms with E-state index in [1.165, 1.54) is 4.90 Å². The number of benzene rings is 3. The van der Waals surface area contributed by atoms with Crippen molar-refractivity contribution in [2.24, 2.45) is 0 Å². The van der Waals surface area contributed by atoms with Crippen LogP contribution >= 0.6 is 11.6 Å². The molecule has 1 N–H and O–H groups in total. The van der Waals surface area contributed by atoms with Gasteiger partial charge in [0, 0.05) is 18.1 Å². The first-order chi connectivity index (χ1) is 18.2. The quantitative estimate of drug-likeness (QED) is 0.338. The lowest BCUT2D eigenvalue weighted by Gasteiger charge is -2.33. The van der Waals surface area contributed by atoms with E-state index in [9.17, 15) is 22.4 Å². The van der Waals surface area contributed by atoms with Gasteiger partial charge in [-0.25, -0.2) is 12.8 Å². The zero-order valence-electron chi connectivity index (χ0n) is 21.3. The number of hydrogen-bond donors (Lipinski definition) is 1. The van der Waals surface area contributed by atoms with Gasteiger partial charge in [0.1, 0.15) is 18.4 Å². The number of amides is 2. The molecule has 0 saturated heterocycles. The number of sulfonamides is 1. The summed E-state index contributed by atoms with van der Waals surface area (Å²) in [6, 6.07) is 18.7. The summed E-state index contributed by atoms with van der Waals surface area (Å²) in [7, 11) is -4.24. The Bertz CT molecular complexity index is 1320. The Morgan fingerprint density at radius 2 is 1.58 bits per heavy atom. The van der Waals surface area contributed by atoms with Crippen molar-refractivity contribution in [3.8, 4) is 0 Å². The van der Waals surface area contributed by atoms with E-state index in [0.29, 0.717) is 18.0 Å². The van der Waals surface area contributed by atoms with Gasteiger partial charge in [0.2, 0.25) is 11.8 Å². The van der Waals surface area contributed by atoms with Crippen molar-refractivity contribution in [3.63, 3.8) is 0 Å². The summed E-state index contributed by atoms with van der Waals surface area (Å²) in [6.45, 7) is 3.69. The molecule has 0 heterocycles. The number of nitrogens with zero attached hydrogens (tertiary/aromatic N) is 2. The summed E-state index contributed by atoms with van der Waals surface area (Å²) in [4.78, 5) is 28.1. The highest BCUT2D eigenvalue weighted by Crippen LogP contribution is 2.25. The van der Waals surface area contributed by atoms with Gasteiger partial charge in [0.25, 0.3) is 10.0 Å². The number of halogens is 2. The lowest BCUT2D eigenvalue weighted by molar-refractivity contribution is -0.140. The molecular weight excluding hydrogens is 529 g/mol. The van der Waals surface area contributed by atoms with Crippen LogP contribution in [0.3, 0.4) is 0 Å². The number of anilines is 1. The van der Waals surface area contributed by atoms with Crippen molar-refractivity contribution in [1.82, 2.24) is 10.2 Å². The average Bonchev–Trinajstić information content (AvgIpc) is 2.92. The summed E-state index contributed by atoms with van der Waals surface area (Å²) in [6.07, 6.45) is 1.05. The van der Waals surface area contributed by atoms with Crippen LogP contribution in [0.2, 0.25) is 5.02 Å². The van der Waals surface area contributed by atoms with Crippen molar-refractivity contribution >= 4 is 39.1 Å². The van der Waals surface area contributed by atoms with E-state index in [0.717, 1.165) is 40.6 Å². The second-order valence-corrected chi connectivity index (χ2v) is 11.0. The largest absolute Gasteiger partial charge is 0.354 e. The van der Waals surface area contributed by atoms with Crippen LogP contribution in [-0.4, -0.2) is 44.3 Å². The van der Waals surface area contributed by atoms with Crippen molar-refractivity contribution in [2.45, 2.75) is 44.2 Å². The second kappa shape index (κ2) is 13.4. The molecule has 0 aromatic heterocycles. The van der Waals surface area contributed by atoms with Gasteiger partial charge in [-0.3, -0.25) is 13.9 Å². The number of nitrogens with one attached hydrogen (secondary N) is 1. The molecule has 38 heavy (non-hydrogen) atoms. The van der Waals surface area contributed by atoms with Gasteiger partial charge in [-0.05, 0) is 66.9 Å². The third kappa shape index (κ3) is 7.33. The number of rotatable bonds is 12. The molecule has 10 heteroatoms. The zero-order valence-corrected chi connectivity index (χ0v) is 22.9. The Labute approximate surface area is 228 Å². The molecular formula is C28H31ClFN3O4S. The van der Waals surface area contributed by atoms with Gasteiger partial charge in [-0.1, -0.05) is 55.8 Å². The lowest BCUT2D eigenvalue weighted by Crippen LogP contribution is -2.52. The molecule has 0 bridgehead atoms. The first-order valence-corrected chi connectivity index (χ1v) is 14.1. The predicted molar refractivity (Wildman–Crippen MR) is 147 cm³/mol. The summed E-state index contributed by atoms with van der Waals surface area (Å²) >= 11 is 6.02. The van der Waals surface area contributed by atoms with Gasteiger partial charge in [0.05, 0.1) is 10.6 Å². The van der Waals surface area contributed by atoms with Crippen LogP contribution in [-0.2, 0) is 26.2 Å². The molecule has 0 aliphatic rings. The topological polar surface area (TPSA) is 86.8 Å². The normalized spacial score (nSPS) is 12.0. The van der Waals surface area contributed by atoms with Gasteiger partial charge in [-0.15, -0.1) is 0 Å². The van der Waals surface area contributed by atoms with Crippen LogP contribution in [0.15, 0.2) is 83.8 Å². The van der Waals surface area contributed by atoms with Crippen LogP contribution in [0.1, 0.15) is 32.3 Å². The molecule has 1 atom stereocenters. The van der Waals surface area contributed by atoms with E-state index in [1.54, 1.807) is 61.5 Å². The van der Waals surface area contributed by atoms with Crippen LogP contribution in [0.25, 0.3) is 0 Å². The Balaban J connectivity index is 2.01. The first kappa shape index (κ1) is 29.1. The minimum atomic E-state index is -4.24. The number of para-hydroxylation sites is 1. The lowest BCUT2D eigenvalue weighted by atomic mass is 10.1. The molecule has 0 radical (unpaired) electrons. The third-order valence-corrected chi connectivity index (χ3v) is 7.97. The second-order valence-electron chi connectivity index (χ2n) is 8.66. The molecule has 0 aliphatic carbocycles. The summed E-state index contributed by atoms with van der Waals surface area (Å²) in [5.41, 5.74) is 0.997. The van der Waals surface area contributed by atoms with Crippen LogP contribution in [0.5, 0.6) is 0 Å². The van der Waals surface area contributed by atoms with Crippen molar-refractivity contribution in [2.75, 3.05) is 17.4 Å². The third-order valence-electron chi connectivity index (χ3n) is 5.93. The summed E-state index contributed by atoms with van der Waals surface area (Å²) in [5.74, 6) is -1.46. The van der Waals surface area contributed by atoms with Crippen molar-refractivity contribution in [1.29, 1.82) is 0 Å². The smallest absolute Gasteiger partial charge is 0.264 e. The molecule has 2 amide bonds. The van der Waals surface area contributed by atoms with E-state index in [2.05, 4.69) is 5.32 Å². The van der Waals surface area contributed by atoms with Crippen molar-refractivity contribution < 1.29 is 22.4 Å². The molecule has 0 saturated carbocycles. The molecule has 3 aromatic rings. The molecule has 0 fully saturated rings. The van der Waals surface area contributed by atoms with E-state index in [4.69, 9.17) is 11.6 Å². The SMILES string of the molecule is CCCNC(=O)C(CC)N(Cc1ccc(Cl)cc1)C(=O)CN(c1ccccc1)S(=O)(=O)c1ccc(F)cc1. The summed E-state index contributed by atoms with van der Waals surface area (Å²) in [5, 5.41) is 3.37. The average molecular weight is 560 g/mol. The fraction of sp³-hybridized carbons (Fsp3) is 0.286. The molecule has 0 spiro atoms. The minimum absolute atomic E-state index is 0.0767. The Hall–Kier alpha value is -3.43. The van der Waals surface area contributed by atoms with E-state index in [1.807, 2.05) is 6.92 Å². The van der Waals surface area contributed by atoms with Gasteiger partial charge in [-0.2, -0.15) is 0 Å². The zero-order chi connectivity index (χ0) is 27.7. The minimum Gasteiger partial charge on any atom is -0.354 e. The maximum atomic E-state index is 13.9. The van der Waals surface area contributed by atoms with Crippen LogP contribution in [0, 0.1) is 5.82 Å². The molecule has 0 aliphatic heterocycles. The number of carbonyl (C=O) groups is 2. The maximum absolute atomic E-state index is 13.9. The fourth-order valence-corrected chi connectivity index (χ4v) is 5.47. The maximum Gasteiger partial charge on any atom is 0.264 e. The molecule has 7 nitrogen and oxygen atoms in total. The van der Waals surface area contributed by atoms with Crippen molar-refractivity contribution in [3.05, 3.63) is 95.3 Å². The van der Waals surface area contributed by atoms with Gasteiger partial charge < -0.3 is 10.2 Å². The first-order valence-electron chi connectivity index (χ1n) is 12.3. The molecule has 3 rings (SSSR count). The van der Waals surface area contributed by atoms with Gasteiger partial charge >= 0.3 is 0 Å². The van der Waals surface area contributed by atoms with Crippen LogP contribution in [0.4, 0.5) is 10.1 Å². The van der Waals surface area contributed by atoms with Crippen LogP contribution < -0.4 is 9.62 Å². The number of hydrogen-bond acceptors (Lipinski definition) is 4. The Kier molecular flexibility index (Phi) is 10.3. The van der Waals surface area contributed by atoms with Gasteiger partial charge in [0.15, 0.2) is 0 Å².